The van der Waals surface area contributed by atoms with Crippen molar-refractivity contribution in [2.24, 2.45) is 0 Å². The highest BCUT2D eigenvalue weighted by atomic mass is 32.1. The van der Waals surface area contributed by atoms with Gasteiger partial charge in [-0.05, 0) is 43.7 Å². The predicted molar refractivity (Wildman–Crippen MR) is 125 cm³/mol. The molecular weight excluding hydrogens is 442 g/mol. The van der Waals surface area contributed by atoms with E-state index in [0.717, 1.165) is 22.0 Å². The van der Waals surface area contributed by atoms with E-state index >= 15 is 0 Å². The van der Waals surface area contributed by atoms with Gasteiger partial charge in [0.25, 0.3) is 5.91 Å². The molecule has 0 radical (unpaired) electrons. The molecule has 1 aliphatic rings. The summed E-state index contributed by atoms with van der Waals surface area (Å²) >= 11 is 1.49. The number of hydrogen-bond acceptors (Lipinski definition) is 8. The summed E-state index contributed by atoms with van der Waals surface area (Å²) in [4.78, 5) is 36.1. The number of benzene rings is 1. The van der Waals surface area contributed by atoms with E-state index in [9.17, 15) is 9.59 Å². The molecule has 0 spiro atoms. The van der Waals surface area contributed by atoms with E-state index in [4.69, 9.17) is 19.2 Å². The number of ether oxygens (including phenoxy) is 3. The Morgan fingerprint density at radius 3 is 2.85 bits per heavy atom. The second-order valence-electron chi connectivity index (χ2n) is 7.28. The van der Waals surface area contributed by atoms with Crippen molar-refractivity contribution in [2.45, 2.75) is 26.3 Å². The van der Waals surface area contributed by atoms with Gasteiger partial charge in [0.1, 0.15) is 23.4 Å². The zero-order chi connectivity index (χ0) is 23.2. The summed E-state index contributed by atoms with van der Waals surface area (Å²) in [5.74, 6) is -0.213. The maximum absolute atomic E-state index is 12.8. The van der Waals surface area contributed by atoms with Crippen molar-refractivity contribution < 1.29 is 23.8 Å². The second-order valence-corrected chi connectivity index (χ2v) is 8.13. The number of fused-ring (bicyclic) bond motifs is 1. The van der Waals surface area contributed by atoms with E-state index in [2.05, 4.69) is 4.98 Å². The molecule has 0 saturated carbocycles. The smallest absolute Gasteiger partial charge is 0.329 e. The van der Waals surface area contributed by atoms with Crippen LogP contribution in [-0.4, -0.2) is 54.3 Å². The van der Waals surface area contributed by atoms with Crippen molar-refractivity contribution in [3.05, 3.63) is 48.0 Å². The third-order valence-corrected chi connectivity index (χ3v) is 6.03. The molecule has 0 bridgehead atoms. The Morgan fingerprint density at radius 2 is 2.09 bits per heavy atom. The average molecular weight is 468 g/mol. The monoisotopic (exact) mass is 467 g/mol. The number of aromatic nitrogens is 2. The van der Waals surface area contributed by atoms with Crippen molar-refractivity contribution in [3.8, 4) is 27.7 Å². The minimum Gasteiger partial charge on any atom is -0.482 e. The third kappa shape index (κ3) is 5.04. The van der Waals surface area contributed by atoms with Gasteiger partial charge in [-0.15, -0.1) is 11.3 Å². The largest absolute Gasteiger partial charge is 0.482 e. The fourth-order valence-corrected chi connectivity index (χ4v) is 4.39. The number of carbonyl (C=O) groups excluding carboxylic acids is 2. The summed E-state index contributed by atoms with van der Waals surface area (Å²) in [7, 11) is 0. The van der Waals surface area contributed by atoms with Gasteiger partial charge < -0.3 is 14.2 Å². The van der Waals surface area contributed by atoms with Crippen LogP contribution in [0.25, 0.3) is 22.0 Å². The lowest BCUT2D eigenvalue weighted by Gasteiger charge is -2.34. The number of amides is 1. The highest BCUT2D eigenvalue weighted by Crippen LogP contribution is 2.38. The third-order valence-electron chi connectivity index (χ3n) is 5.17. The number of esters is 1. The summed E-state index contributed by atoms with van der Waals surface area (Å²) < 4.78 is 16.2. The number of anilines is 1. The molecule has 33 heavy (non-hydrogen) atoms. The lowest BCUT2D eigenvalue weighted by Crippen LogP contribution is -2.50. The first-order valence-corrected chi connectivity index (χ1v) is 11.7. The van der Waals surface area contributed by atoms with Crippen LogP contribution in [0.4, 0.5) is 5.69 Å². The predicted octanol–water partition coefficient (Wildman–Crippen LogP) is 3.96. The van der Waals surface area contributed by atoms with Gasteiger partial charge in [0.2, 0.25) is 0 Å². The molecule has 9 heteroatoms. The maximum Gasteiger partial charge on any atom is 0.329 e. The number of hydrogen-bond donors (Lipinski definition) is 0. The molecule has 1 aromatic carbocycles. The van der Waals surface area contributed by atoms with Crippen molar-refractivity contribution in [3.63, 3.8) is 0 Å². The molecule has 1 amide bonds. The average Bonchev–Trinajstić information content (AvgIpc) is 3.34. The Kier molecular flexibility index (Phi) is 7.31. The molecule has 1 aliphatic heterocycles. The summed E-state index contributed by atoms with van der Waals surface area (Å²) in [5.41, 5.74) is 2.90. The van der Waals surface area contributed by atoms with Crippen LogP contribution < -0.4 is 9.64 Å². The highest BCUT2D eigenvalue weighted by molar-refractivity contribution is 7.13. The van der Waals surface area contributed by atoms with Crippen LogP contribution in [0, 0.1) is 0 Å². The van der Waals surface area contributed by atoms with Crippen molar-refractivity contribution >= 4 is 28.9 Å². The molecule has 0 N–H and O–H groups in total. The molecule has 1 unspecified atom stereocenters. The molecule has 172 valence electrons. The number of carbonyl (C=O) groups is 2. The number of thiazole rings is 1. The van der Waals surface area contributed by atoms with Gasteiger partial charge in [-0.2, -0.15) is 0 Å². The fourth-order valence-electron chi connectivity index (χ4n) is 3.58. The zero-order valence-corrected chi connectivity index (χ0v) is 19.3. The van der Waals surface area contributed by atoms with Gasteiger partial charge >= 0.3 is 5.97 Å². The van der Waals surface area contributed by atoms with Gasteiger partial charge in [-0.3, -0.25) is 14.7 Å². The Morgan fingerprint density at radius 1 is 1.21 bits per heavy atom. The van der Waals surface area contributed by atoms with Crippen LogP contribution in [0.15, 0.2) is 48.0 Å². The number of pyridine rings is 1. The van der Waals surface area contributed by atoms with Gasteiger partial charge in [0, 0.05) is 23.7 Å². The van der Waals surface area contributed by atoms with Crippen molar-refractivity contribution in [2.75, 3.05) is 31.3 Å². The summed E-state index contributed by atoms with van der Waals surface area (Å²) in [6.07, 6.45) is 2.14. The van der Waals surface area contributed by atoms with Crippen LogP contribution in [0.3, 0.4) is 0 Å². The van der Waals surface area contributed by atoms with E-state index in [1.54, 1.807) is 12.3 Å². The van der Waals surface area contributed by atoms with E-state index in [1.807, 2.05) is 49.6 Å². The van der Waals surface area contributed by atoms with E-state index < -0.39 is 12.0 Å². The quantitative estimate of drug-likeness (QED) is 0.348. The first-order chi connectivity index (χ1) is 16.1. The SMILES string of the molecule is CCOCCOC(=O)C(CC)N1C(=O)COc2ccc(-c3csc(-c4ccccn4)n3)cc21. The minimum atomic E-state index is -0.753. The molecule has 8 nitrogen and oxygen atoms in total. The number of nitrogens with zero attached hydrogens (tertiary/aromatic N) is 3. The van der Waals surface area contributed by atoms with Crippen LogP contribution in [-0.2, 0) is 19.1 Å². The lowest BCUT2D eigenvalue weighted by molar-refractivity contribution is -0.148. The molecule has 0 saturated heterocycles. The summed E-state index contributed by atoms with van der Waals surface area (Å²) in [6, 6.07) is 10.5. The Bertz CT molecular complexity index is 1120. The Labute approximate surface area is 196 Å². The lowest BCUT2D eigenvalue weighted by atomic mass is 10.1. The van der Waals surface area contributed by atoms with Crippen LogP contribution in [0.1, 0.15) is 20.3 Å². The Hall–Kier alpha value is -3.30. The molecule has 0 fully saturated rings. The van der Waals surface area contributed by atoms with Crippen molar-refractivity contribution in [1.82, 2.24) is 9.97 Å². The molecule has 3 heterocycles. The Balaban J connectivity index is 1.61. The first kappa shape index (κ1) is 22.9. The normalized spacial score (nSPS) is 13.9. The fraction of sp³-hybridized carbons (Fsp3) is 0.333. The van der Waals surface area contributed by atoms with Gasteiger partial charge in [0.05, 0.1) is 23.7 Å². The summed E-state index contributed by atoms with van der Waals surface area (Å²) in [5, 5.41) is 2.75. The minimum absolute atomic E-state index is 0.129. The highest BCUT2D eigenvalue weighted by Gasteiger charge is 2.36. The topological polar surface area (TPSA) is 90.9 Å². The molecule has 0 aliphatic carbocycles. The zero-order valence-electron chi connectivity index (χ0n) is 18.5. The first-order valence-electron chi connectivity index (χ1n) is 10.8. The second kappa shape index (κ2) is 10.5. The van der Waals surface area contributed by atoms with Gasteiger partial charge in [-0.1, -0.05) is 13.0 Å². The number of rotatable bonds is 9. The van der Waals surface area contributed by atoms with Gasteiger partial charge in [0.15, 0.2) is 6.61 Å². The molecular formula is C24H25N3O5S. The molecule has 2 aromatic heterocycles. The molecule has 1 atom stereocenters. The van der Waals surface area contributed by atoms with Crippen LogP contribution in [0.2, 0.25) is 0 Å². The van der Waals surface area contributed by atoms with E-state index in [1.165, 1.54) is 16.2 Å². The van der Waals surface area contributed by atoms with E-state index in [0.29, 0.717) is 31.1 Å². The van der Waals surface area contributed by atoms with Crippen LogP contribution in [0.5, 0.6) is 5.75 Å². The molecule has 4 rings (SSSR count). The standard InChI is InChI=1S/C24H25N3O5S/c1-3-19(24(29)31-12-11-30-4-2)27-20-13-16(8-9-21(20)32-14-22(27)28)18-15-33-23(26-18)17-7-5-6-10-25-17/h5-10,13,15,19H,3-4,11-12,14H2,1-2H3. The van der Waals surface area contributed by atoms with Crippen LogP contribution >= 0.6 is 11.3 Å². The van der Waals surface area contributed by atoms with E-state index in [-0.39, 0.29) is 19.1 Å². The van der Waals surface area contributed by atoms with Crippen molar-refractivity contribution in [1.29, 1.82) is 0 Å². The molecule has 3 aromatic rings. The maximum atomic E-state index is 12.8. The van der Waals surface area contributed by atoms with Gasteiger partial charge in [-0.25, -0.2) is 9.78 Å². The summed E-state index contributed by atoms with van der Waals surface area (Å²) in [6.45, 7) is 4.60.